The van der Waals surface area contributed by atoms with Crippen LogP contribution in [-0.4, -0.2) is 0 Å². The summed E-state index contributed by atoms with van der Waals surface area (Å²) >= 11 is 0. The van der Waals surface area contributed by atoms with Gasteiger partial charge in [-0.15, -0.1) is 0 Å². The van der Waals surface area contributed by atoms with Crippen molar-refractivity contribution >= 4 is 60.4 Å². The van der Waals surface area contributed by atoms with Crippen LogP contribution in [-0.2, 0) is 0 Å². The van der Waals surface area contributed by atoms with Crippen molar-refractivity contribution in [3.63, 3.8) is 0 Å². The highest BCUT2D eigenvalue weighted by molar-refractivity contribution is 6.10. The van der Waals surface area contributed by atoms with Crippen LogP contribution in [0.4, 0.5) is 11.4 Å². The SMILES string of the molecule is C1=CC2=CC(N(c3ccc(-c4cccc5c4oc4ccccc45)cc3)c3cccc(-c4ccc5ccc6ccccc6c5c4)c3)=CC3c4ccccc4C(=C1)C23. The lowest BCUT2D eigenvalue weighted by Gasteiger charge is -2.34. The topological polar surface area (TPSA) is 16.4 Å². The molecule has 0 aliphatic heterocycles. The molecule has 0 radical (unpaired) electrons. The molecule has 0 saturated carbocycles. The molecule has 2 nitrogen and oxygen atoms in total. The molecule has 1 aromatic heterocycles. The third kappa shape index (κ3) is 4.76. The van der Waals surface area contributed by atoms with E-state index < -0.39 is 0 Å². The third-order valence-corrected chi connectivity index (χ3v) is 12.2. The van der Waals surface area contributed by atoms with Gasteiger partial charge in [-0.1, -0.05) is 158 Å². The van der Waals surface area contributed by atoms with Gasteiger partial charge in [0.1, 0.15) is 11.2 Å². The number of anilines is 2. The van der Waals surface area contributed by atoms with Crippen LogP contribution in [0.15, 0.2) is 216 Å². The van der Waals surface area contributed by atoms with Gasteiger partial charge in [-0.25, -0.2) is 0 Å². The Bertz CT molecular complexity index is 3210. The average Bonchev–Trinajstić information content (AvgIpc) is 3.81. The number of hydrogen-bond donors (Lipinski definition) is 0. The van der Waals surface area contributed by atoms with Gasteiger partial charge in [-0.3, -0.25) is 0 Å². The molecule has 2 heteroatoms. The molecular formula is C54H35NO. The van der Waals surface area contributed by atoms with E-state index in [1.54, 1.807) is 0 Å². The zero-order valence-electron chi connectivity index (χ0n) is 30.6. The van der Waals surface area contributed by atoms with Crippen molar-refractivity contribution in [2.45, 2.75) is 5.92 Å². The first-order chi connectivity index (χ1) is 27.7. The fraction of sp³-hybridized carbons (Fsp3) is 0.0370. The Hall–Kier alpha value is -7.16. The largest absolute Gasteiger partial charge is 0.455 e. The van der Waals surface area contributed by atoms with E-state index in [0.29, 0.717) is 5.92 Å². The molecule has 0 N–H and O–H groups in total. The molecule has 1 heterocycles. The lowest BCUT2D eigenvalue weighted by Crippen LogP contribution is -2.22. The minimum atomic E-state index is 0.266. The number of para-hydroxylation sites is 2. The van der Waals surface area contributed by atoms with Gasteiger partial charge < -0.3 is 9.32 Å². The molecule has 0 saturated heterocycles. The van der Waals surface area contributed by atoms with E-state index in [-0.39, 0.29) is 5.92 Å². The second-order valence-electron chi connectivity index (χ2n) is 15.2. The van der Waals surface area contributed by atoms with Crippen LogP contribution in [0.2, 0.25) is 0 Å². The summed E-state index contributed by atoms with van der Waals surface area (Å²) in [4.78, 5) is 2.45. The van der Waals surface area contributed by atoms with Crippen molar-refractivity contribution in [1.82, 2.24) is 0 Å². The van der Waals surface area contributed by atoms with Crippen LogP contribution in [0.1, 0.15) is 17.0 Å². The van der Waals surface area contributed by atoms with Crippen LogP contribution < -0.4 is 4.90 Å². The van der Waals surface area contributed by atoms with E-state index >= 15 is 0 Å². The van der Waals surface area contributed by atoms with Crippen molar-refractivity contribution in [3.05, 3.63) is 223 Å². The maximum absolute atomic E-state index is 6.45. The Balaban J connectivity index is 1.01. The van der Waals surface area contributed by atoms with Crippen molar-refractivity contribution in [2.75, 3.05) is 4.90 Å². The standard InChI is InChI=1S/C54H35NO/c1-2-14-43-34(10-1)22-23-36-24-25-38(32-50(36)43)37-11-7-13-41(30-37)55(42-31-39-12-8-19-48-45-15-3-4-16-46(45)51(33-42)53(39)48)40-28-26-35(27-29-40)44-18-9-20-49-47-17-5-6-21-52(47)56-54(44)49/h1-33,51,53H. The third-order valence-electron chi connectivity index (χ3n) is 12.2. The molecule has 8 aromatic carbocycles. The molecule has 2 atom stereocenters. The first-order valence-corrected chi connectivity index (χ1v) is 19.5. The van der Waals surface area contributed by atoms with Gasteiger partial charge in [-0.05, 0) is 103 Å². The summed E-state index contributed by atoms with van der Waals surface area (Å²) < 4.78 is 6.45. The zero-order valence-corrected chi connectivity index (χ0v) is 30.6. The number of nitrogens with zero attached hydrogens (tertiary/aromatic N) is 1. The summed E-state index contributed by atoms with van der Waals surface area (Å²) in [5.41, 5.74) is 15.4. The maximum atomic E-state index is 6.45. The van der Waals surface area contributed by atoms with Crippen molar-refractivity contribution in [2.24, 2.45) is 5.92 Å². The number of benzene rings is 8. The lowest BCUT2D eigenvalue weighted by atomic mass is 9.77. The van der Waals surface area contributed by atoms with Gasteiger partial charge in [0.05, 0.1) is 0 Å². The molecular weight excluding hydrogens is 679 g/mol. The van der Waals surface area contributed by atoms with Crippen LogP contribution in [0.5, 0.6) is 0 Å². The molecule has 12 rings (SSSR count). The van der Waals surface area contributed by atoms with Crippen LogP contribution in [0.3, 0.4) is 0 Å². The number of rotatable bonds is 5. The molecule has 3 aliphatic carbocycles. The van der Waals surface area contributed by atoms with Gasteiger partial charge in [0.25, 0.3) is 0 Å². The van der Waals surface area contributed by atoms with Gasteiger partial charge in [0.15, 0.2) is 0 Å². The van der Waals surface area contributed by atoms with Crippen molar-refractivity contribution in [1.29, 1.82) is 0 Å². The van der Waals surface area contributed by atoms with Crippen molar-refractivity contribution < 1.29 is 4.42 Å². The molecule has 0 fully saturated rings. The highest BCUT2D eigenvalue weighted by atomic mass is 16.3. The molecule has 3 aliphatic rings. The lowest BCUT2D eigenvalue weighted by molar-refractivity contribution is 0.670. The second kappa shape index (κ2) is 12.2. The molecule has 0 amide bonds. The van der Waals surface area contributed by atoms with E-state index in [2.05, 4.69) is 193 Å². The van der Waals surface area contributed by atoms with Crippen LogP contribution >= 0.6 is 0 Å². The average molecular weight is 714 g/mol. The summed E-state index contributed by atoms with van der Waals surface area (Å²) in [6.07, 6.45) is 11.8. The smallest absolute Gasteiger partial charge is 0.143 e. The van der Waals surface area contributed by atoms with Crippen LogP contribution in [0.25, 0.3) is 71.3 Å². The summed E-state index contributed by atoms with van der Waals surface area (Å²) in [7, 11) is 0. The Kier molecular flexibility index (Phi) is 6.79. The molecule has 56 heavy (non-hydrogen) atoms. The summed E-state index contributed by atoms with van der Waals surface area (Å²) in [5.74, 6) is 0.607. The molecule has 0 spiro atoms. The summed E-state index contributed by atoms with van der Waals surface area (Å²) in [6, 6.07) is 61.8. The maximum Gasteiger partial charge on any atom is 0.143 e. The van der Waals surface area contributed by atoms with Gasteiger partial charge >= 0.3 is 0 Å². The first-order valence-electron chi connectivity index (χ1n) is 19.5. The molecule has 2 unspecified atom stereocenters. The number of furan rings is 1. The fourth-order valence-electron chi connectivity index (χ4n) is 9.62. The predicted octanol–water partition coefficient (Wildman–Crippen LogP) is 14.6. The number of allylic oxidation sites excluding steroid dienone is 7. The number of fused-ring (bicyclic) bond motifs is 9. The minimum absolute atomic E-state index is 0.266. The van der Waals surface area contributed by atoms with Crippen LogP contribution in [0, 0.1) is 5.92 Å². The summed E-state index contributed by atoms with van der Waals surface area (Å²) in [6.45, 7) is 0. The van der Waals surface area contributed by atoms with Gasteiger partial charge in [-0.2, -0.15) is 0 Å². The Morgan fingerprint density at radius 1 is 0.500 bits per heavy atom. The van der Waals surface area contributed by atoms with E-state index in [1.807, 2.05) is 12.1 Å². The molecule has 0 bridgehead atoms. The monoisotopic (exact) mass is 713 g/mol. The van der Waals surface area contributed by atoms with Crippen molar-refractivity contribution in [3.8, 4) is 22.3 Å². The predicted molar refractivity (Wildman–Crippen MR) is 234 cm³/mol. The Morgan fingerprint density at radius 3 is 2.14 bits per heavy atom. The normalized spacial score (nSPS) is 16.8. The zero-order chi connectivity index (χ0) is 36.7. The fourth-order valence-corrected chi connectivity index (χ4v) is 9.62. The molecule has 9 aromatic rings. The van der Waals surface area contributed by atoms with E-state index in [1.165, 1.54) is 60.6 Å². The quantitative estimate of drug-likeness (QED) is 0.165. The van der Waals surface area contributed by atoms with Gasteiger partial charge in [0, 0.05) is 45.2 Å². The van der Waals surface area contributed by atoms with E-state index in [9.17, 15) is 0 Å². The highest BCUT2D eigenvalue weighted by Gasteiger charge is 2.40. The van der Waals surface area contributed by atoms with E-state index in [4.69, 9.17) is 4.42 Å². The van der Waals surface area contributed by atoms with E-state index in [0.717, 1.165) is 44.4 Å². The summed E-state index contributed by atoms with van der Waals surface area (Å²) in [5, 5.41) is 7.35. The number of hydrogen-bond acceptors (Lipinski definition) is 2. The van der Waals surface area contributed by atoms with Gasteiger partial charge in [0.2, 0.25) is 0 Å². The Morgan fingerprint density at radius 2 is 1.21 bits per heavy atom. The minimum Gasteiger partial charge on any atom is -0.455 e. The Labute approximate surface area is 325 Å². The second-order valence-corrected chi connectivity index (χ2v) is 15.2. The first kappa shape index (κ1) is 31.2. The highest BCUT2D eigenvalue weighted by Crippen LogP contribution is 2.55. The molecule has 262 valence electrons.